The molecule has 4 aromatic rings. The maximum atomic E-state index is 13.1. The SMILES string of the molecule is CCc1cc(-c2ccc(/N=N/c3cc(S(=O)(=O)O)c4ccccc4c3NC(=O)C(F)(F)F)c(CC)c2)ccc1N. The predicted octanol–water partition coefficient (Wildman–Crippen LogP) is 7.38. The van der Waals surface area contributed by atoms with Crippen molar-refractivity contribution >= 4 is 49.5 Å². The third kappa shape index (κ3) is 5.97. The molecule has 8 nitrogen and oxygen atoms in total. The van der Waals surface area contributed by atoms with E-state index >= 15 is 0 Å². The number of rotatable bonds is 7. The Labute approximate surface area is 228 Å². The molecule has 0 aliphatic heterocycles. The zero-order chi connectivity index (χ0) is 29.2. The average Bonchev–Trinajstić information content (AvgIpc) is 2.91. The summed E-state index contributed by atoms with van der Waals surface area (Å²) in [6.45, 7) is 3.89. The van der Waals surface area contributed by atoms with Gasteiger partial charge in [0.2, 0.25) is 0 Å². The van der Waals surface area contributed by atoms with Crippen LogP contribution >= 0.6 is 0 Å². The number of amides is 1. The zero-order valence-electron chi connectivity index (χ0n) is 21.5. The monoisotopic (exact) mass is 570 g/mol. The number of hydrogen-bond acceptors (Lipinski definition) is 6. The normalized spacial score (nSPS) is 12.2. The third-order valence-corrected chi connectivity index (χ3v) is 7.24. The number of nitrogens with two attached hydrogens (primary N) is 1. The van der Waals surface area contributed by atoms with Crippen LogP contribution in [-0.2, 0) is 27.8 Å². The van der Waals surface area contributed by atoms with Gasteiger partial charge in [0.25, 0.3) is 10.1 Å². The quantitative estimate of drug-likeness (QED) is 0.121. The Morgan fingerprint density at radius 3 is 2.05 bits per heavy atom. The van der Waals surface area contributed by atoms with Crippen molar-refractivity contribution in [2.24, 2.45) is 10.2 Å². The van der Waals surface area contributed by atoms with E-state index in [0.717, 1.165) is 34.7 Å². The third-order valence-electron chi connectivity index (χ3n) is 6.34. The second kappa shape index (κ2) is 11.1. The van der Waals surface area contributed by atoms with E-state index in [1.165, 1.54) is 24.3 Å². The molecule has 0 aliphatic carbocycles. The molecule has 0 aromatic heterocycles. The Bertz CT molecular complexity index is 1750. The smallest absolute Gasteiger partial charge is 0.399 e. The Morgan fingerprint density at radius 2 is 1.45 bits per heavy atom. The standard InChI is InChI=1S/C28H25F3N4O4S/c1-3-16-13-18(9-11-22(16)32)19-10-12-23(17(4-2)14-19)34-35-24-15-25(40(37,38)39)20-7-5-6-8-21(20)26(24)33-27(36)28(29,30)31/h5-15H,3-4,32H2,1-2H3,(H,33,36)(H,37,38,39)/b35-34+. The van der Waals surface area contributed by atoms with E-state index in [2.05, 4.69) is 10.2 Å². The van der Waals surface area contributed by atoms with Crippen LogP contribution in [0.25, 0.3) is 21.9 Å². The van der Waals surface area contributed by atoms with Crippen LogP contribution < -0.4 is 11.1 Å². The number of azo groups is 1. The van der Waals surface area contributed by atoms with Crippen LogP contribution in [0.3, 0.4) is 0 Å². The molecule has 0 bridgehead atoms. The average molecular weight is 571 g/mol. The molecule has 0 fully saturated rings. The van der Waals surface area contributed by atoms with E-state index in [0.29, 0.717) is 17.8 Å². The van der Waals surface area contributed by atoms with Crippen molar-refractivity contribution < 1.29 is 30.9 Å². The molecule has 4 N–H and O–H groups in total. The van der Waals surface area contributed by atoms with Crippen molar-refractivity contribution in [1.29, 1.82) is 0 Å². The molecule has 1 amide bonds. The first-order chi connectivity index (χ1) is 18.8. The van der Waals surface area contributed by atoms with E-state index in [4.69, 9.17) is 5.73 Å². The number of benzene rings is 4. The molecule has 0 unspecified atom stereocenters. The molecule has 0 saturated carbocycles. The minimum atomic E-state index is -5.22. The molecule has 0 saturated heterocycles. The molecular formula is C28H25F3N4O4S. The fourth-order valence-corrected chi connectivity index (χ4v) is 5.00. The zero-order valence-corrected chi connectivity index (χ0v) is 22.3. The molecule has 0 heterocycles. The lowest BCUT2D eigenvalue weighted by molar-refractivity contribution is -0.167. The largest absolute Gasteiger partial charge is 0.471 e. The van der Waals surface area contributed by atoms with Gasteiger partial charge in [0.05, 0.1) is 11.4 Å². The van der Waals surface area contributed by atoms with Crippen LogP contribution in [0.2, 0.25) is 0 Å². The van der Waals surface area contributed by atoms with Crippen molar-refractivity contribution in [3.05, 3.63) is 77.9 Å². The summed E-state index contributed by atoms with van der Waals surface area (Å²) in [4.78, 5) is 11.2. The molecular weight excluding hydrogens is 545 g/mol. The molecule has 0 aliphatic rings. The summed E-state index contributed by atoms with van der Waals surface area (Å²) >= 11 is 0. The minimum Gasteiger partial charge on any atom is -0.399 e. The van der Waals surface area contributed by atoms with Crippen LogP contribution in [0.4, 0.5) is 35.9 Å². The highest BCUT2D eigenvalue weighted by atomic mass is 32.2. The van der Waals surface area contributed by atoms with Gasteiger partial charge in [-0.15, -0.1) is 5.11 Å². The fourth-order valence-electron chi connectivity index (χ4n) is 4.28. The molecule has 0 radical (unpaired) electrons. The number of nitrogen functional groups attached to an aromatic ring is 1. The van der Waals surface area contributed by atoms with Crippen molar-refractivity contribution in [2.45, 2.75) is 37.8 Å². The van der Waals surface area contributed by atoms with Gasteiger partial charge in [-0.2, -0.15) is 26.7 Å². The predicted molar refractivity (Wildman–Crippen MR) is 148 cm³/mol. The summed E-state index contributed by atoms with van der Waals surface area (Å²) in [7, 11) is -4.81. The van der Waals surface area contributed by atoms with Crippen LogP contribution in [0, 0.1) is 0 Å². The van der Waals surface area contributed by atoms with Gasteiger partial charge in [-0.05, 0) is 65.4 Å². The van der Waals surface area contributed by atoms with Gasteiger partial charge in [-0.1, -0.05) is 50.2 Å². The number of hydrogen-bond donors (Lipinski definition) is 3. The van der Waals surface area contributed by atoms with Crippen molar-refractivity contribution in [1.82, 2.24) is 0 Å². The summed E-state index contributed by atoms with van der Waals surface area (Å²) in [5.41, 5.74) is 9.89. The first-order valence-electron chi connectivity index (χ1n) is 12.2. The van der Waals surface area contributed by atoms with Crippen molar-refractivity contribution in [3.8, 4) is 11.1 Å². The van der Waals surface area contributed by atoms with E-state index in [-0.39, 0.29) is 16.5 Å². The molecule has 208 valence electrons. The lowest BCUT2D eigenvalue weighted by Crippen LogP contribution is -2.30. The van der Waals surface area contributed by atoms with Gasteiger partial charge >= 0.3 is 12.1 Å². The Balaban J connectivity index is 1.85. The second-order valence-electron chi connectivity index (χ2n) is 8.91. The van der Waals surface area contributed by atoms with Crippen LogP contribution in [0.15, 0.2) is 81.9 Å². The Morgan fingerprint density at radius 1 is 0.875 bits per heavy atom. The highest BCUT2D eigenvalue weighted by molar-refractivity contribution is 7.86. The minimum absolute atomic E-state index is 0.0784. The molecule has 12 heteroatoms. The maximum absolute atomic E-state index is 13.1. The number of aryl methyl sites for hydroxylation is 2. The lowest BCUT2D eigenvalue weighted by Gasteiger charge is -2.15. The van der Waals surface area contributed by atoms with Crippen LogP contribution in [0.1, 0.15) is 25.0 Å². The van der Waals surface area contributed by atoms with E-state index in [1.807, 2.05) is 38.1 Å². The molecule has 0 spiro atoms. The highest BCUT2D eigenvalue weighted by Crippen LogP contribution is 2.40. The number of carbonyl (C=O) groups is 1. The number of anilines is 2. The number of fused-ring (bicyclic) bond motifs is 1. The first kappa shape index (κ1) is 28.7. The number of alkyl halides is 3. The lowest BCUT2D eigenvalue weighted by atomic mass is 9.98. The molecule has 4 aromatic carbocycles. The summed E-state index contributed by atoms with van der Waals surface area (Å²) < 4.78 is 73.4. The summed E-state index contributed by atoms with van der Waals surface area (Å²) in [5, 5.41) is 9.82. The van der Waals surface area contributed by atoms with Gasteiger partial charge in [0.1, 0.15) is 10.6 Å². The van der Waals surface area contributed by atoms with Crippen molar-refractivity contribution in [3.63, 3.8) is 0 Å². The number of nitrogens with one attached hydrogen (secondary N) is 1. The van der Waals surface area contributed by atoms with Crippen LogP contribution in [-0.4, -0.2) is 25.1 Å². The number of carbonyl (C=O) groups excluding carboxylic acids is 1. The van der Waals surface area contributed by atoms with Gasteiger partial charge in [-0.3, -0.25) is 9.35 Å². The summed E-state index contributed by atoms with van der Waals surface area (Å²) in [6.07, 6.45) is -3.93. The topological polar surface area (TPSA) is 134 Å². The molecule has 4 rings (SSSR count). The van der Waals surface area contributed by atoms with Crippen molar-refractivity contribution in [2.75, 3.05) is 11.1 Å². The Hall–Kier alpha value is -4.29. The highest BCUT2D eigenvalue weighted by Gasteiger charge is 2.39. The van der Waals surface area contributed by atoms with Gasteiger partial charge < -0.3 is 11.1 Å². The number of halogens is 3. The van der Waals surface area contributed by atoms with Gasteiger partial charge in [0, 0.05) is 16.5 Å². The second-order valence-corrected chi connectivity index (χ2v) is 10.3. The maximum Gasteiger partial charge on any atom is 0.471 e. The first-order valence-corrected chi connectivity index (χ1v) is 13.6. The van der Waals surface area contributed by atoms with E-state index < -0.39 is 32.8 Å². The summed E-state index contributed by atoms with van der Waals surface area (Å²) in [6, 6.07) is 17.4. The van der Waals surface area contributed by atoms with E-state index in [9.17, 15) is 30.9 Å². The van der Waals surface area contributed by atoms with Gasteiger partial charge in [0.15, 0.2) is 0 Å². The summed E-state index contributed by atoms with van der Waals surface area (Å²) in [5.74, 6) is -2.28. The van der Waals surface area contributed by atoms with Gasteiger partial charge in [-0.25, -0.2) is 0 Å². The van der Waals surface area contributed by atoms with Crippen LogP contribution in [0.5, 0.6) is 0 Å². The molecule has 0 atom stereocenters. The number of nitrogens with zero attached hydrogens (tertiary/aromatic N) is 2. The van der Waals surface area contributed by atoms with E-state index in [1.54, 1.807) is 17.4 Å². The molecule has 40 heavy (non-hydrogen) atoms. The fraction of sp³-hybridized carbons (Fsp3) is 0.179. The Kier molecular flexibility index (Phi) is 7.94.